The predicted molar refractivity (Wildman–Crippen MR) is 162 cm³/mol. The highest BCUT2D eigenvalue weighted by molar-refractivity contribution is 6.02. The number of piperidine rings is 1. The summed E-state index contributed by atoms with van der Waals surface area (Å²) < 4.78 is 22.5. The lowest BCUT2D eigenvalue weighted by Crippen LogP contribution is -2.54. The van der Waals surface area contributed by atoms with Crippen LogP contribution in [0.4, 0.5) is 5.69 Å². The van der Waals surface area contributed by atoms with Gasteiger partial charge in [-0.3, -0.25) is 14.5 Å². The number of ether oxygens (including phenoxy) is 4. The van der Waals surface area contributed by atoms with Gasteiger partial charge in [-0.25, -0.2) is 0 Å². The third-order valence-corrected chi connectivity index (χ3v) is 8.07. The van der Waals surface area contributed by atoms with Gasteiger partial charge in [0.15, 0.2) is 5.92 Å². The summed E-state index contributed by atoms with van der Waals surface area (Å²) in [7, 11) is 1.71. The number of nitrogens with one attached hydrogen (secondary N) is 1. The minimum atomic E-state index is -1.17. The molecule has 1 aliphatic carbocycles. The molecule has 2 aliphatic rings. The van der Waals surface area contributed by atoms with Crippen LogP contribution in [0, 0.1) is 6.92 Å². The predicted octanol–water partition coefficient (Wildman–Crippen LogP) is 6.00. The second-order valence-corrected chi connectivity index (χ2v) is 14.1. The number of esters is 2. The second-order valence-electron chi connectivity index (χ2n) is 14.1. The Bertz CT molecular complexity index is 984. The third-order valence-electron chi connectivity index (χ3n) is 8.07. The van der Waals surface area contributed by atoms with Crippen LogP contribution < -0.4 is 5.32 Å². The summed E-state index contributed by atoms with van der Waals surface area (Å²) >= 11 is 0. The summed E-state index contributed by atoms with van der Waals surface area (Å²) in [5.41, 5.74) is 1.18. The van der Waals surface area contributed by atoms with Crippen LogP contribution in [0.15, 0.2) is 18.2 Å². The average Bonchev–Trinajstić information content (AvgIpc) is 2.85. The summed E-state index contributed by atoms with van der Waals surface area (Å²) in [4.78, 5) is 29.4. The van der Waals surface area contributed by atoms with Gasteiger partial charge in [-0.05, 0) is 106 Å². The molecule has 0 spiro atoms. The van der Waals surface area contributed by atoms with Gasteiger partial charge in [-0.1, -0.05) is 12.1 Å². The minimum absolute atomic E-state index is 0.194. The summed E-state index contributed by atoms with van der Waals surface area (Å²) in [6, 6.07) is 6.05. The zero-order valence-corrected chi connectivity index (χ0v) is 26.9. The molecule has 1 aromatic rings. The molecule has 0 aromatic heterocycles. The van der Waals surface area contributed by atoms with Gasteiger partial charge in [0.05, 0.1) is 19.3 Å². The van der Waals surface area contributed by atoms with Crippen LogP contribution in [0.25, 0.3) is 0 Å². The average molecular weight is 575 g/mol. The van der Waals surface area contributed by atoms with Gasteiger partial charge in [0.1, 0.15) is 11.2 Å². The number of anilines is 1. The van der Waals surface area contributed by atoms with Crippen LogP contribution in [0.2, 0.25) is 0 Å². The van der Waals surface area contributed by atoms with Crippen molar-refractivity contribution in [3.8, 4) is 0 Å². The van der Waals surface area contributed by atoms with Gasteiger partial charge in [0, 0.05) is 43.0 Å². The number of nitrogens with zero attached hydrogens (tertiary/aromatic N) is 1. The molecule has 8 nitrogen and oxygen atoms in total. The minimum Gasteiger partial charge on any atom is -0.459 e. The summed E-state index contributed by atoms with van der Waals surface area (Å²) in [6.45, 7) is 18.6. The van der Waals surface area contributed by atoms with Gasteiger partial charge in [-0.15, -0.1) is 0 Å². The zero-order valence-electron chi connectivity index (χ0n) is 26.9. The van der Waals surface area contributed by atoms with E-state index in [1.807, 2.05) is 25.1 Å². The number of carbonyl (C=O) groups is 2. The molecule has 1 aliphatic heterocycles. The number of benzene rings is 1. The van der Waals surface area contributed by atoms with Gasteiger partial charge < -0.3 is 24.3 Å². The lowest BCUT2D eigenvalue weighted by Gasteiger charge is -2.48. The number of likely N-dealkylation sites (tertiary alicyclic amines) is 1. The molecule has 2 fully saturated rings. The number of methoxy groups -OCH3 is 1. The standard InChI is InChI=1S/C33H54N2O6/c1-23-10-11-26(28(29(36)40-31(2,3)4)30(37)41-32(5,6)7)27(22-23)34-24-14-18-35(19-15-24)33(8)16-12-25(13-17-33)39-21-20-38-9/h10-11,22,24-25,28,34H,12-21H2,1-9H3/t25-,33-. The van der Waals surface area contributed by atoms with Crippen molar-refractivity contribution in [1.29, 1.82) is 0 Å². The van der Waals surface area contributed by atoms with Crippen LogP contribution in [0.3, 0.4) is 0 Å². The highest BCUT2D eigenvalue weighted by Crippen LogP contribution is 2.37. The van der Waals surface area contributed by atoms with E-state index in [4.69, 9.17) is 18.9 Å². The first-order valence-corrected chi connectivity index (χ1v) is 15.3. The lowest BCUT2D eigenvalue weighted by molar-refractivity contribution is -0.169. The van der Waals surface area contributed by atoms with Crippen molar-refractivity contribution in [2.75, 3.05) is 38.7 Å². The summed E-state index contributed by atoms with van der Waals surface area (Å²) in [5.74, 6) is -2.36. The maximum Gasteiger partial charge on any atom is 0.325 e. The van der Waals surface area contributed by atoms with E-state index in [1.165, 1.54) is 0 Å². The Labute approximate surface area is 247 Å². The fourth-order valence-electron chi connectivity index (χ4n) is 5.90. The topological polar surface area (TPSA) is 86.3 Å². The Balaban J connectivity index is 1.70. The van der Waals surface area contributed by atoms with E-state index < -0.39 is 29.1 Å². The SMILES string of the molecule is COCCO[C@H]1CC[C@](C)(N2CCC(Nc3cc(C)ccc3C(C(=O)OC(C)(C)C)C(=O)OC(C)(C)C)CC2)CC1. The van der Waals surface area contributed by atoms with E-state index in [1.54, 1.807) is 48.7 Å². The number of carbonyl (C=O) groups excluding carboxylic acids is 2. The molecule has 1 saturated heterocycles. The van der Waals surface area contributed by atoms with E-state index in [-0.39, 0.29) is 11.6 Å². The fraction of sp³-hybridized carbons (Fsp3) is 0.758. The Morgan fingerprint density at radius 1 is 0.951 bits per heavy atom. The molecule has 1 aromatic carbocycles. The molecular formula is C33H54N2O6. The van der Waals surface area contributed by atoms with Crippen molar-refractivity contribution in [1.82, 2.24) is 4.90 Å². The molecule has 0 amide bonds. The van der Waals surface area contributed by atoms with Gasteiger partial charge in [-0.2, -0.15) is 0 Å². The van der Waals surface area contributed by atoms with Crippen LogP contribution >= 0.6 is 0 Å². The van der Waals surface area contributed by atoms with E-state index in [9.17, 15) is 9.59 Å². The lowest BCUT2D eigenvalue weighted by atomic mass is 9.79. The van der Waals surface area contributed by atoms with Crippen molar-refractivity contribution in [3.63, 3.8) is 0 Å². The van der Waals surface area contributed by atoms with Crippen LogP contribution in [-0.4, -0.2) is 79.1 Å². The maximum atomic E-state index is 13.4. The molecular weight excluding hydrogens is 520 g/mol. The van der Waals surface area contributed by atoms with E-state index in [0.29, 0.717) is 24.9 Å². The fourth-order valence-corrected chi connectivity index (χ4v) is 5.90. The highest BCUT2D eigenvalue weighted by atomic mass is 16.6. The molecule has 0 radical (unpaired) electrons. The van der Waals surface area contributed by atoms with Crippen molar-refractivity contribution in [2.24, 2.45) is 0 Å². The number of rotatable bonds is 10. The second kappa shape index (κ2) is 13.9. The smallest absolute Gasteiger partial charge is 0.325 e. The van der Waals surface area contributed by atoms with Crippen LogP contribution in [0.5, 0.6) is 0 Å². The Hall–Kier alpha value is -2.16. The Kier molecular flexibility index (Phi) is 11.3. The molecule has 1 N–H and O–H groups in total. The quantitative estimate of drug-likeness (QED) is 0.207. The first-order valence-electron chi connectivity index (χ1n) is 15.3. The molecule has 1 heterocycles. The molecule has 0 bridgehead atoms. The molecule has 3 rings (SSSR count). The first-order chi connectivity index (χ1) is 19.1. The normalized spacial score (nSPS) is 22.9. The molecule has 1 saturated carbocycles. The largest absolute Gasteiger partial charge is 0.459 e. The van der Waals surface area contributed by atoms with Crippen molar-refractivity contribution < 1.29 is 28.5 Å². The zero-order chi connectivity index (χ0) is 30.4. The summed E-state index contributed by atoms with van der Waals surface area (Å²) in [5, 5.41) is 3.70. The van der Waals surface area contributed by atoms with Gasteiger partial charge >= 0.3 is 11.9 Å². The molecule has 8 heteroatoms. The highest BCUT2D eigenvalue weighted by Gasteiger charge is 2.40. The monoisotopic (exact) mass is 574 g/mol. The van der Waals surface area contributed by atoms with Gasteiger partial charge in [0.2, 0.25) is 0 Å². The third kappa shape index (κ3) is 9.97. The Morgan fingerprint density at radius 3 is 2.02 bits per heavy atom. The Morgan fingerprint density at radius 2 is 1.51 bits per heavy atom. The van der Waals surface area contributed by atoms with Crippen molar-refractivity contribution in [3.05, 3.63) is 29.3 Å². The molecule has 0 atom stereocenters. The van der Waals surface area contributed by atoms with Crippen LogP contribution in [-0.2, 0) is 28.5 Å². The number of hydrogen-bond donors (Lipinski definition) is 1. The van der Waals surface area contributed by atoms with Crippen molar-refractivity contribution in [2.45, 2.75) is 129 Å². The van der Waals surface area contributed by atoms with Crippen LogP contribution in [0.1, 0.15) is 104 Å². The van der Waals surface area contributed by atoms with E-state index in [0.717, 1.165) is 62.9 Å². The van der Waals surface area contributed by atoms with Crippen molar-refractivity contribution >= 4 is 17.6 Å². The maximum absolute atomic E-state index is 13.4. The first kappa shape index (κ1) is 33.3. The van der Waals surface area contributed by atoms with E-state index in [2.05, 4.69) is 17.1 Å². The number of hydrogen-bond acceptors (Lipinski definition) is 8. The molecule has 0 unspecified atom stereocenters. The molecule has 41 heavy (non-hydrogen) atoms. The number of aryl methyl sites for hydroxylation is 1. The van der Waals surface area contributed by atoms with E-state index >= 15 is 0 Å². The summed E-state index contributed by atoms with van der Waals surface area (Å²) in [6.07, 6.45) is 6.75. The van der Waals surface area contributed by atoms with Gasteiger partial charge in [0.25, 0.3) is 0 Å². The molecule has 232 valence electrons.